The zero-order valence-electron chi connectivity index (χ0n) is 12.7. The van der Waals surface area contributed by atoms with Crippen LogP contribution in [0.3, 0.4) is 0 Å². The molecular formula is C18H18N2O2. The van der Waals surface area contributed by atoms with Gasteiger partial charge in [0.15, 0.2) is 5.72 Å². The van der Waals surface area contributed by atoms with Crippen molar-refractivity contribution in [2.75, 3.05) is 0 Å². The molecule has 112 valence electrons. The number of aryl methyl sites for hydroxylation is 1. The summed E-state index contributed by atoms with van der Waals surface area (Å²) in [7, 11) is 0. The van der Waals surface area contributed by atoms with E-state index in [4.69, 9.17) is 0 Å². The zero-order valence-corrected chi connectivity index (χ0v) is 12.7. The molecule has 4 heteroatoms. The molecular weight excluding hydrogens is 276 g/mol. The van der Waals surface area contributed by atoms with Crippen molar-refractivity contribution >= 4 is 11.6 Å². The highest BCUT2D eigenvalue weighted by Crippen LogP contribution is 2.36. The monoisotopic (exact) mass is 294 g/mol. The van der Waals surface area contributed by atoms with Crippen LogP contribution in [0.4, 0.5) is 0 Å². The number of nitrogens with zero attached hydrogens (tertiary/aromatic N) is 2. The van der Waals surface area contributed by atoms with Crippen LogP contribution in [0.5, 0.6) is 0 Å². The fourth-order valence-corrected chi connectivity index (χ4v) is 2.68. The number of carbonyl (C=O) groups excluding carboxylic acids is 1. The van der Waals surface area contributed by atoms with Gasteiger partial charge >= 0.3 is 0 Å². The second-order valence-electron chi connectivity index (χ2n) is 5.68. The highest BCUT2D eigenvalue weighted by molar-refractivity contribution is 5.97. The molecule has 22 heavy (non-hydrogen) atoms. The summed E-state index contributed by atoms with van der Waals surface area (Å²) in [4.78, 5) is 12.8. The van der Waals surface area contributed by atoms with Gasteiger partial charge in [-0.25, -0.2) is 0 Å². The van der Waals surface area contributed by atoms with E-state index >= 15 is 0 Å². The molecule has 4 nitrogen and oxygen atoms in total. The Morgan fingerprint density at radius 3 is 2.36 bits per heavy atom. The Balaban J connectivity index is 2.00. The average molecular weight is 294 g/mol. The summed E-state index contributed by atoms with van der Waals surface area (Å²) in [6.45, 7) is 3.78. The molecule has 2 aromatic carbocycles. The van der Waals surface area contributed by atoms with E-state index in [1.807, 2.05) is 56.3 Å². The molecule has 0 unspecified atom stereocenters. The summed E-state index contributed by atoms with van der Waals surface area (Å²) >= 11 is 0. The van der Waals surface area contributed by atoms with Crippen LogP contribution in [-0.2, 0) is 5.72 Å². The van der Waals surface area contributed by atoms with E-state index in [1.54, 1.807) is 12.1 Å². The third-order valence-electron chi connectivity index (χ3n) is 3.85. The quantitative estimate of drug-likeness (QED) is 0.925. The molecule has 1 amide bonds. The van der Waals surface area contributed by atoms with Crippen molar-refractivity contribution in [2.24, 2.45) is 5.10 Å². The molecule has 0 spiro atoms. The third-order valence-corrected chi connectivity index (χ3v) is 3.85. The van der Waals surface area contributed by atoms with Gasteiger partial charge < -0.3 is 5.11 Å². The standard InChI is InChI=1S/C18H18N2O2/c1-13-8-10-15(11-9-13)17(21)20-18(22,12-14(2)19-20)16-6-4-3-5-7-16/h3-11,22H,12H2,1-2H3/t18-/m1/s1. The SMILES string of the molecule is CC1=NN(C(=O)c2ccc(C)cc2)[C@](O)(c2ccccc2)C1. The third kappa shape index (κ3) is 2.42. The normalized spacial score (nSPS) is 20.9. The Bertz CT molecular complexity index is 723. The summed E-state index contributed by atoms with van der Waals surface area (Å²) in [6, 6.07) is 16.4. The maximum atomic E-state index is 12.8. The molecule has 0 radical (unpaired) electrons. The predicted octanol–water partition coefficient (Wildman–Crippen LogP) is 3.06. The molecule has 1 aliphatic heterocycles. The molecule has 0 saturated carbocycles. The molecule has 2 aromatic rings. The number of amides is 1. The first-order valence-electron chi connectivity index (χ1n) is 7.24. The fourth-order valence-electron chi connectivity index (χ4n) is 2.68. The minimum absolute atomic E-state index is 0.303. The van der Waals surface area contributed by atoms with Gasteiger partial charge in [0.25, 0.3) is 5.91 Å². The molecule has 1 atom stereocenters. The van der Waals surface area contributed by atoms with Gasteiger partial charge in [-0.15, -0.1) is 0 Å². The second kappa shape index (κ2) is 5.39. The van der Waals surface area contributed by atoms with Gasteiger partial charge in [0, 0.05) is 23.3 Å². The lowest BCUT2D eigenvalue weighted by molar-refractivity contribution is -0.0765. The van der Waals surface area contributed by atoms with Gasteiger partial charge in [-0.1, -0.05) is 48.0 Å². The zero-order chi connectivity index (χ0) is 15.7. The van der Waals surface area contributed by atoms with Gasteiger partial charge in [-0.2, -0.15) is 10.1 Å². The summed E-state index contributed by atoms with van der Waals surface area (Å²) in [5, 5.41) is 16.5. The van der Waals surface area contributed by atoms with Crippen LogP contribution in [0.25, 0.3) is 0 Å². The topological polar surface area (TPSA) is 52.9 Å². The van der Waals surface area contributed by atoms with E-state index in [0.29, 0.717) is 17.5 Å². The van der Waals surface area contributed by atoms with E-state index in [1.165, 1.54) is 5.01 Å². The van der Waals surface area contributed by atoms with Crippen LogP contribution in [0.15, 0.2) is 59.7 Å². The van der Waals surface area contributed by atoms with Crippen molar-refractivity contribution in [3.63, 3.8) is 0 Å². The lowest BCUT2D eigenvalue weighted by Crippen LogP contribution is -2.43. The molecule has 0 aromatic heterocycles. The molecule has 1 heterocycles. The van der Waals surface area contributed by atoms with Crippen molar-refractivity contribution in [1.29, 1.82) is 0 Å². The van der Waals surface area contributed by atoms with Gasteiger partial charge in [0.2, 0.25) is 0 Å². The summed E-state index contributed by atoms with van der Waals surface area (Å²) in [5.41, 5.74) is 1.56. The van der Waals surface area contributed by atoms with Crippen LogP contribution >= 0.6 is 0 Å². The van der Waals surface area contributed by atoms with Crippen LogP contribution in [0.2, 0.25) is 0 Å². The summed E-state index contributed by atoms with van der Waals surface area (Å²) in [6.07, 6.45) is 0.314. The lowest BCUT2D eigenvalue weighted by atomic mass is 9.97. The van der Waals surface area contributed by atoms with Gasteiger partial charge in [-0.05, 0) is 26.0 Å². The molecule has 0 saturated heterocycles. The number of hydrogen-bond acceptors (Lipinski definition) is 3. The van der Waals surface area contributed by atoms with Gasteiger partial charge in [0.05, 0.1) is 0 Å². The van der Waals surface area contributed by atoms with E-state index in [0.717, 1.165) is 11.3 Å². The van der Waals surface area contributed by atoms with Crippen LogP contribution in [0.1, 0.15) is 34.8 Å². The van der Waals surface area contributed by atoms with Gasteiger partial charge in [0.1, 0.15) is 0 Å². The minimum atomic E-state index is -1.42. The fraction of sp³-hybridized carbons (Fsp3) is 0.222. The van der Waals surface area contributed by atoms with Crippen LogP contribution in [0, 0.1) is 6.92 Å². The highest BCUT2D eigenvalue weighted by atomic mass is 16.3. The number of hydrogen-bond donors (Lipinski definition) is 1. The first-order valence-corrected chi connectivity index (χ1v) is 7.24. The summed E-state index contributed by atoms with van der Waals surface area (Å²) in [5.74, 6) is -0.303. The molecule has 3 rings (SSSR count). The van der Waals surface area contributed by atoms with E-state index < -0.39 is 5.72 Å². The predicted molar refractivity (Wildman–Crippen MR) is 85.4 cm³/mol. The maximum Gasteiger partial charge on any atom is 0.276 e. The number of rotatable bonds is 2. The first-order chi connectivity index (χ1) is 10.5. The van der Waals surface area contributed by atoms with E-state index in [-0.39, 0.29) is 5.91 Å². The van der Waals surface area contributed by atoms with Crippen molar-refractivity contribution in [1.82, 2.24) is 5.01 Å². The van der Waals surface area contributed by atoms with E-state index in [9.17, 15) is 9.90 Å². The van der Waals surface area contributed by atoms with Gasteiger partial charge in [-0.3, -0.25) is 4.79 Å². The second-order valence-corrected chi connectivity index (χ2v) is 5.68. The largest absolute Gasteiger partial charge is 0.365 e. The Hall–Kier alpha value is -2.46. The molecule has 0 fully saturated rings. The number of aliphatic hydroxyl groups is 1. The van der Waals surface area contributed by atoms with Crippen molar-refractivity contribution in [3.8, 4) is 0 Å². The maximum absolute atomic E-state index is 12.8. The molecule has 1 aliphatic rings. The Labute approximate surface area is 129 Å². The first kappa shape index (κ1) is 14.5. The number of benzene rings is 2. The molecule has 1 N–H and O–H groups in total. The Morgan fingerprint density at radius 2 is 1.73 bits per heavy atom. The van der Waals surface area contributed by atoms with Crippen molar-refractivity contribution < 1.29 is 9.90 Å². The highest BCUT2D eigenvalue weighted by Gasteiger charge is 2.44. The lowest BCUT2D eigenvalue weighted by Gasteiger charge is -2.31. The van der Waals surface area contributed by atoms with Crippen molar-refractivity contribution in [2.45, 2.75) is 26.0 Å². The average Bonchev–Trinajstić information content (AvgIpc) is 2.84. The van der Waals surface area contributed by atoms with Crippen molar-refractivity contribution in [3.05, 3.63) is 71.3 Å². The van der Waals surface area contributed by atoms with E-state index in [2.05, 4.69) is 5.10 Å². The Morgan fingerprint density at radius 1 is 1.09 bits per heavy atom. The number of hydrazone groups is 1. The molecule has 0 aliphatic carbocycles. The van der Waals surface area contributed by atoms with Crippen LogP contribution in [-0.4, -0.2) is 21.7 Å². The van der Waals surface area contributed by atoms with Crippen LogP contribution < -0.4 is 0 Å². The Kier molecular flexibility index (Phi) is 3.54. The number of carbonyl (C=O) groups is 1. The minimum Gasteiger partial charge on any atom is -0.365 e. The smallest absolute Gasteiger partial charge is 0.276 e. The summed E-state index contributed by atoms with van der Waals surface area (Å²) < 4.78 is 0. The molecule has 0 bridgehead atoms.